The fourth-order valence-corrected chi connectivity index (χ4v) is 5.35. The molecule has 10 heteroatoms. The maximum absolute atomic E-state index is 12.9. The van der Waals surface area contributed by atoms with Gasteiger partial charge in [-0.3, -0.25) is 4.79 Å². The summed E-state index contributed by atoms with van der Waals surface area (Å²) in [5, 5.41) is 3.80. The predicted molar refractivity (Wildman–Crippen MR) is 123 cm³/mol. The van der Waals surface area contributed by atoms with Gasteiger partial charge in [-0.15, -0.1) is 0 Å². The van der Waals surface area contributed by atoms with Gasteiger partial charge >= 0.3 is 0 Å². The SMILES string of the molecule is Cc1cc2nc(NC(=O)C3CCC(n4cnc5c(N)nc(Cl)nc54)CC3)sc2cc1C. The minimum atomic E-state index is -0.0372. The molecule has 0 spiro atoms. The van der Waals surface area contributed by atoms with Crippen molar-refractivity contribution in [2.45, 2.75) is 45.6 Å². The summed E-state index contributed by atoms with van der Waals surface area (Å²) in [5.41, 5.74) is 10.5. The van der Waals surface area contributed by atoms with E-state index >= 15 is 0 Å². The first kappa shape index (κ1) is 20.1. The molecule has 3 aromatic heterocycles. The van der Waals surface area contributed by atoms with E-state index in [-0.39, 0.29) is 29.0 Å². The Morgan fingerprint density at radius 1 is 1.16 bits per heavy atom. The number of nitrogens with one attached hydrogen (secondary N) is 1. The number of nitrogens with zero attached hydrogens (tertiary/aromatic N) is 5. The Balaban J connectivity index is 1.27. The van der Waals surface area contributed by atoms with Crippen LogP contribution in [0.25, 0.3) is 21.4 Å². The van der Waals surface area contributed by atoms with Crippen molar-refractivity contribution >= 4 is 61.2 Å². The summed E-state index contributed by atoms with van der Waals surface area (Å²) in [6.45, 7) is 4.16. The number of anilines is 2. The highest BCUT2D eigenvalue weighted by Crippen LogP contribution is 2.36. The van der Waals surface area contributed by atoms with Gasteiger partial charge in [0.1, 0.15) is 5.52 Å². The van der Waals surface area contributed by atoms with Gasteiger partial charge in [-0.25, -0.2) is 9.97 Å². The summed E-state index contributed by atoms with van der Waals surface area (Å²) < 4.78 is 3.10. The highest BCUT2D eigenvalue weighted by molar-refractivity contribution is 7.22. The Morgan fingerprint density at radius 3 is 2.68 bits per heavy atom. The van der Waals surface area contributed by atoms with E-state index in [4.69, 9.17) is 17.3 Å². The number of hydrogen-bond acceptors (Lipinski definition) is 7. The molecule has 1 aliphatic rings. The Hall–Kier alpha value is -2.78. The lowest BCUT2D eigenvalue weighted by molar-refractivity contribution is -0.120. The van der Waals surface area contributed by atoms with E-state index in [1.54, 1.807) is 6.33 Å². The number of hydrogen-bond donors (Lipinski definition) is 2. The van der Waals surface area contributed by atoms with E-state index in [1.165, 1.54) is 22.5 Å². The fourth-order valence-electron chi connectivity index (χ4n) is 4.24. The molecule has 160 valence electrons. The number of thiazole rings is 1. The van der Waals surface area contributed by atoms with Gasteiger partial charge in [-0.1, -0.05) is 11.3 Å². The maximum Gasteiger partial charge on any atom is 0.229 e. The number of halogens is 1. The molecule has 5 rings (SSSR count). The van der Waals surface area contributed by atoms with Gasteiger partial charge in [0.25, 0.3) is 0 Å². The molecule has 31 heavy (non-hydrogen) atoms. The smallest absolute Gasteiger partial charge is 0.229 e. The van der Waals surface area contributed by atoms with Crippen LogP contribution in [-0.4, -0.2) is 30.4 Å². The zero-order chi connectivity index (χ0) is 21.7. The first-order valence-electron chi connectivity index (χ1n) is 10.2. The van der Waals surface area contributed by atoms with E-state index in [9.17, 15) is 4.79 Å². The number of carbonyl (C=O) groups excluding carboxylic acids is 1. The number of imidazole rings is 1. The minimum absolute atomic E-state index is 0.0372. The molecule has 0 radical (unpaired) electrons. The molecular weight excluding hydrogens is 434 g/mol. The number of nitrogens with two attached hydrogens (primary N) is 1. The van der Waals surface area contributed by atoms with Crippen molar-refractivity contribution in [1.29, 1.82) is 0 Å². The standard InChI is InChI=1S/C21H22ClN7OS/c1-10-7-14-15(8-11(10)2)31-21(25-14)28-19(30)12-3-5-13(6-4-12)29-9-24-16-17(23)26-20(22)27-18(16)29/h7-9,12-13H,3-6H2,1-2H3,(H2,23,26,27)(H,25,28,30). The third kappa shape index (κ3) is 3.72. The van der Waals surface area contributed by atoms with Crippen molar-refractivity contribution in [1.82, 2.24) is 24.5 Å². The van der Waals surface area contributed by atoms with E-state index in [0.29, 0.717) is 16.3 Å². The van der Waals surface area contributed by atoms with E-state index in [0.717, 1.165) is 35.9 Å². The van der Waals surface area contributed by atoms with Crippen LogP contribution in [0.5, 0.6) is 0 Å². The van der Waals surface area contributed by atoms with Gasteiger partial charge in [0.2, 0.25) is 11.2 Å². The quantitative estimate of drug-likeness (QED) is 0.434. The molecule has 0 unspecified atom stereocenters. The number of rotatable bonds is 3. The summed E-state index contributed by atoms with van der Waals surface area (Å²) in [7, 11) is 0. The van der Waals surface area contributed by atoms with Gasteiger partial charge in [0.15, 0.2) is 16.6 Å². The Kier molecular flexibility index (Phi) is 5.02. The van der Waals surface area contributed by atoms with Crippen LogP contribution in [0.1, 0.15) is 42.9 Å². The molecule has 1 saturated carbocycles. The molecule has 1 aromatic carbocycles. The third-order valence-electron chi connectivity index (χ3n) is 6.12. The monoisotopic (exact) mass is 455 g/mol. The summed E-state index contributed by atoms with van der Waals surface area (Å²) >= 11 is 7.50. The number of aryl methyl sites for hydroxylation is 2. The average molecular weight is 456 g/mol. The summed E-state index contributed by atoms with van der Waals surface area (Å²) in [4.78, 5) is 30.1. The summed E-state index contributed by atoms with van der Waals surface area (Å²) in [6, 6.07) is 4.40. The summed E-state index contributed by atoms with van der Waals surface area (Å²) in [6.07, 6.45) is 5.01. The number of benzene rings is 1. The molecule has 4 aromatic rings. The third-order valence-corrected chi connectivity index (χ3v) is 7.22. The molecule has 1 amide bonds. The highest BCUT2D eigenvalue weighted by Gasteiger charge is 2.29. The zero-order valence-electron chi connectivity index (χ0n) is 17.2. The average Bonchev–Trinajstić information content (AvgIpc) is 3.32. The molecule has 1 aliphatic carbocycles. The van der Waals surface area contributed by atoms with Crippen LogP contribution in [0.3, 0.4) is 0 Å². The van der Waals surface area contributed by atoms with Crippen molar-refractivity contribution in [3.8, 4) is 0 Å². The van der Waals surface area contributed by atoms with Crippen LogP contribution in [0.15, 0.2) is 18.5 Å². The Bertz CT molecular complexity index is 1270. The van der Waals surface area contributed by atoms with Crippen LogP contribution in [0.2, 0.25) is 5.28 Å². The van der Waals surface area contributed by atoms with Gasteiger partial charge in [0.05, 0.1) is 16.5 Å². The second-order valence-corrected chi connectivity index (χ2v) is 9.49. The second kappa shape index (κ2) is 7.72. The number of carbonyl (C=O) groups is 1. The van der Waals surface area contributed by atoms with Gasteiger partial charge < -0.3 is 15.6 Å². The van der Waals surface area contributed by atoms with Crippen molar-refractivity contribution in [2.24, 2.45) is 5.92 Å². The molecule has 0 bridgehead atoms. The first-order chi connectivity index (χ1) is 14.9. The van der Waals surface area contributed by atoms with Crippen LogP contribution >= 0.6 is 22.9 Å². The van der Waals surface area contributed by atoms with Crippen LogP contribution < -0.4 is 11.1 Å². The van der Waals surface area contributed by atoms with Crippen LogP contribution in [0.4, 0.5) is 10.9 Å². The van der Waals surface area contributed by atoms with Gasteiger partial charge in [0, 0.05) is 12.0 Å². The predicted octanol–water partition coefficient (Wildman–Crippen LogP) is 4.66. The van der Waals surface area contributed by atoms with Gasteiger partial charge in [-0.05, 0) is 74.4 Å². The van der Waals surface area contributed by atoms with Crippen molar-refractivity contribution in [3.05, 3.63) is 34.9 Å². The first-order valence-corrected chi connectivity index (χ1v) is 11.4. The normalized spacial score (nSPS) is 19.2. The topological polar surface area (TPSA) is 112 Å². The van der Waals surface area contributed by atoms with Crippen molar-refractivity contribution < 1.29 is 4.79 Å². The number of nitrogen functional groups attached to an aromatic ring is 1. The summed E-state index contributed by atoms with van der Waals surface area (Å²) in [5.74, 6) is 0.281. The number of aromatic nitrogens is 5. The molecule has 3 N–H and O–H groups in total. The maximum atomic E-state index is 12.9. The molecular formula is C21H22ClN7OS. The lowest BCUT2D eigenvalue weighted by atomic mass is 9.85. The van der Waals surface area contributed by atoms with E-state index in [2.05, 4.69) is 51.2 Å². The molecule has 0 atom stereocenters. The molecule has 3 heterocycles. The Morgan fingerprint density at radius 2 is 1.90 bits per heavy atom. The fraction of sp³-hybridized carbons (Fsp3) is 0.381. The largest absolute Gasteiger partial charge is 0.382 e. The van der Waals surface area contributed by atoms with E-state index in [1.807, 2.05) is 4.57 Å². The lowest BCUT2D eigenvalue weighted by Gasteiger charge is -2.28. The number of amides is 1. The number of fused-ring (bicyclic) bond motifs is 2. The minimum Gasteiger partial charge on any atom is -0.382 e. The molecule has 0 aliphatic heterocycles. The molecule has 1 fully saturated rings. The van der Waals surface area contributed by atoms with Gasteiger partial charge in [-0.2, -0.15) is 9.97 Å². The Labute approximate surface area is 187 Å². The van der Waals surface area contributed by atoms with Crippen molar-refractivity contribution in [2.75, 3.05) is 11.1 Å². The second-order valence-electron chi connectivity index (χ2n) is 8.12. The van der Waals surface area contributed by atoms with E-state index < -0.39 is 0 Å². The van der Waals surface area contributed by atoms with Crippen LogP contribution in [0, 0.1) is 19.8 Å². The molecule has 8 nitrogen and oxygen atoms in total. The lowest BCUT2D eigenvalue weighted by Crippen LogP contribution is -2.28. The molecule has 0 saturated heterocycles. The zero-order valence-corrected chi connectivity index (χ0v) is 18.8. The highest BCUT2D eigenvalue weighted by atomic mass is 35.5. The van der Waals surface area contributed by atoms with Crippen LogP contribution in [-0.2, 0) is 4.79 Å². The van der Waals surface area contributed by atoms with Crippen molar-refractivity contribution in [3.63, 3.8) is 0 Å².